The SMILES string of the molecule is CCOC(=O)C(N)CCCCNc1ccn([C@@H]2O[C@H](COC(C)=O)[C@@H](OC(C)=O)[C@H]2OC(C)=O)c(=O)n1. The number of carbonyl (C=O) groups is 4. The molecule has 1 aromatic rings. The van der Waals surface area contributed by atoms with Crippen LogP contribution in [0, 0.1) is 0 Å². The molecule has 1 aliphatic heterocycles. The highest BCUT2D eigenvalue weighted by atomic mass is 16.7. The number of rotatable bonds is 13. The molecule has 14 heteroatoms. The van der Waals surface area contributed by atoms with Crippen LogP contribution in [-0.2, 0) is 42.9 Å². The maximum atomic E-state index is 12.8. The maximum absolute atomic E-state index is 12.8. The Morgan fingerprint density at radius 2 is 1.76 bits per heavy atom. The van der Waals surface area contributed by atoms with Crippen molar-refractivity contribution in [1.29, 1.82) is 0 Å². The van der Waals surface area contributed by atoms with Crippen LogP contribution in [0.3, 0.4) is 0 Å². The summed E-state index contributed by atoms with van der Waals surface area (Å²) in [6.07, 6.45) is -1.32. The predicted octanol–water partition coefficient (Wildman–Crippen LogP) is 0.0398. The molecule has 0 radical (unpaired) electrons. The molecule has 0 aliphatic carbocycles. The Morgan fingerprint density at radius 1 is 1.08 bits per heavy atom. The van der Waals surface area contributed by atoms with E-state index < -0.39 is 60.1 Å². The van der Waals surface area contributed by atoms with Crippen LogP contribution in [-0.4, -0.2) is 77.5 Å². The molecule has 0 saturated carbocycles. The number of hydrogen-bond acceptors (Lipinski definition) is 13. The van der Waals surface area contributed by atoms with Crippen LogP contribution in [0.2, 0.25) is 0 Å². The summed E-state index contributed by atoms with van der Waals surface area (Å²) >= 11 is 0. The standard InChI is InChI=1S/C23H34N4O10/c1-5-33-22(31)16(24)8-6-7-10-25-18-9-11-27(23(32)26-18)21-20(36-15(4)30)19(35-14(3)29)17(37-21)12-34-13(2)28/h9,11,16-17,19-21H,5-8,10,12,24H2,1-4H3,(H,25,26,32)/t16?,17-,19-,20-,21-/m1/s1. The lowest BCUT2D eigenvalue weighted by Crippen LogP contribution is -2.41. The molecule has 3 N–H and O–H groups in total. The van der Waals surface area contributed by atoms with Gasteiger partial charge < -0.3 is 34.7 Å². The Balaban J connectivity index is 2.08. The van der Waals surface area contributed by atoms with Gasteiger partial charge in [0.15, 0.2) is 18.4 Å². The minimum absolute atomic E-state index is 0.274. The van der Waals surface area contributed by atoms with Crippen LogP contribution in [0.1, 0.15) is 53.2 Å². The number of aromatic nitrogens is 2. The third-order valence-electron chi connectivity index (χ3n) is 5.28. The average molecular weight is 527 g/mol. The van der Waals surface area contributed by atoms with Crippen LogP contribution >= 0.6 is 0 Å². The number of ether oxygens (including phenoxy) is 5. The van der Waals surface area contributed by atoms with Crippen LogP contribution in [0.5, 0.6) is 0 Å². The molecule has 37 heavy (non-hydrogen) atoms. The number of nitrogens with zero attached hydrogens (tertiary/aromatic N) is 2. The first-order valence-electron chi connectivity index (χ1n) is 11.9. The normalized spacial score (nSPS) is 21.5. The van der Waals surface area contributed by atoms with Crippen LogP contribution < -0.4 is 16.7 Å². The fraction of sp³-hybridized carbons (Fsp3) is 0.652. The largest absolute Gasteiger partial charge is 0.465 e. The van der Waals surface area contributed by atoms with Crippen molar-refractivity contribution in [3.05, 3.63) is 22.7 Å². The first-order chi connectivity index (χ1) is 17.5. The van der Waals surface area contributed by atoms with Gasteiger partial charge >= 0.3 is 29.6 Å². The first-order valence-corrected chi connectivity index (χ1v) is 11.9. The summed E-state index contributed by atoms with van der Waals surface area (Å²) in [6, 6.07) is 0.847. The average Bonchev–Trinajstić information content (AvgIpc) is 3.13. The van der Waals surface area contributed by atoms with E-state index >= 15 is 0 Å². The summed E-state index contributed by atoms with van der Waals surface area (Å²) in [7, 11) is 0. The molecular weight excluding hydrogens is 492 g/mol. The monoisotopic (exact) mass is 526 g/mol. The second-order valence-electron chi connectivity index (χ2n) is 8.30. The van der Waals surface area contributed by atoms with Gasteiger partial charge in [0.05, 0.1) is 6.61 Å². The van der Waals surface area contributed by atoms with Gasteiger partial charge in [-0.1, -0.05) is 0 Å². The second-order valence-corrected chi connectivity index (χ2v) is 8.30. The Bertz CT molecular complexity index is 1010. The van der Waals surface area contributed by atoms with E-state index in [0.29, 0.717) is 31.6 Å². The van der Waals surface area contributed by atoms with Crippen molar-refractivity contribution in [2.45, 2.75) is 77.5 Å². The van der Waals surface area contributed by atoms with Crippen molar-refractivity contribution in [3.8, 4) is 0 Å². The van der Waals surface area contributed by atoms with Crippen LogP contribution in [0.15, 0.2) is 17.1 Å². The highest BCUT2D eigenvalue weighted by Gasteiger charge is 2.50. The van der Waals surface area contributed by atoms with Gasteiger partial charge in [0.2, 0.25) is 0 Å². The van der Waals surface area contributed by atoms with Gasteiger partial charge in [0.1, 0.15) is 24.6 Å². The van der Waals surface area contributed by atoms with Gasteiger partial charge in [-0.25, -0.2) is 4.79 Å². The molecule has 0 bridgehead atoms. The van der Waals surface area contributed by atoms with E-state index in [1.54, 1.807) is 6.92 Å². The number of anilines is 1. The van der Waals surface area contributed by atoms with Gasteiger partial charge in [-0.05, 0) is 32.3 Å². The minimum atomic E-state index is -1.19. The molecule has 206 valence electrons. The molecule has 1 aliphatic rings. The van der Waals surface area contributed by atoms with Crippen LogP contribution in [0.25, 0.3) is 0 Å². The van der Waals surface area contributed by atoms with E-state index in [1.165, 1.54) is 26.1 Å². The molecule has 1 unspecified atom stereocenters. The van der Waals surface area contributed by atoms with Crippen molar-refractivity contribution < 1.29 is 42.9 Å². The van der Waals surface area contributed by atoms with E-state index in [-0.39, 0.29) is 13.2 Å². The van der Waals surface area contributed by atoms with Gasteiger partial charge in [-0.15, -0.1) is 0 Å². The fourth-order valence-corrected chi connectivity index (χ4v) is 3.69. The van der Waals surface area contributed by atoms with Gasteiger partial charge in [0.25, 0.3) is 0 Å². The van der Waals surface area contributed by atoms with Crippen molar-refractivity contribution in [3.63, 3.8) is 0 Å². The molecule has 2 heterocycles. The molecule has 0 amide bonds. The summed E-state index contributed by atoms with van der Waals surface area (Å²) in [4.78, 5) is 63.0. The number of hydrogen-bond donors (Lipinski definition) is 2. The van der Waals surface area contributed by atoms with Crippen molar-refractivity contribution >= 4 is 29.7 Å². The summed E-state index contributed by atoms with van der Waals surface area (Å²) in [6.45, 7) is 5.70. The Morgan fingerprint density at radius 3 is 2.35 bits per heavy atom. The third kappa shape index (κ3) is 9.13. The molecule has 1 saturated heterocycles. The molecule has 5 atom stereocenters. The smallest absolute Gasteiger partial charge is 0.351 e. The van der Waals surface area contributed by atoms with Crippen molar-refractivity contribution in [2.75, 3.05) is 25.1 Å². The molecule has 1 fully saturated rings. The van der Waals surface area contributed by atoms with Crippen LogP contribution in [0.4, 0.5) is 5.82 Å². The van der Waals surface area contributed by atoms with E-state index in [9.17, 15) is 24.0 Å². The minimum Gasteiger partial charge on any atom is -0.465 e. The Kier molecular flexibility index (Phi) is 11.5. The summed E-state index contributed by atoms with van der Waals surface area (Å²) in [5, 5.41) is 3.02. The van der Waals surface area contributed by atoms with E-state index in [4.69, 9.17) is 29.4 Å². The summed E-state index contributed by atoms with van der Waals surface area (Å²) in [5.74, 6) is -2.09. The van der Waals surface area contributed by atoms with E-state index in [0.717, 1.165) is 11.5 Å². The van der Waals surface area contributed by atoms with Crippen molar-refractivity contribution in [1.82, 2.24) is 9.55 Å². The molecule has 14 nitrogen and oxygen atoms in total. The third-order valence-corrected chi connectivity index (χ3v) is 5.28. The lowest BCUT2D eigenvalue weighted by molar-refractivity contribution is -0.166. The summed E-state index contributed by atoms with van der Waals surface area (Å²) in [5.41, 5.74) is 5.05. The number of nitrogens with two attached hydrogens (primary N) is 1. The lowest BCUT2D eigenvalue weighted by Gasteiger charge is -2.23. The second kappa shape index (κ2) is 14.3. The lowest BCUT2D eigenvalue weighted by atomic mass is 10.1. The topological polar surface area (TPSA) is 187 Å². The molecule has 0 aromatic carbocycles. The first kappa shape index (κ1) is 29.7. The summed E-state index contributed by atoms with van der Waals surface area (Å²) < 4.78 is 27.4. The van der Waals surface area contributed by atoms with E-state index in [2.05, 4.69) is 10.3 Å². The zero-order valence-electron chi connectivity index (χ0n) is 21.3. The Hall–Kier alpha value is -3.52. The van der Waals surface area contributed by atoms with E-state index in [1.807, 2.05) is 0 Å². The van der Waals surface area contributed by atoms with Crippen molar-refractivity contribution in [2.24, 2.45) is 5.73 Å². The number of esters is 4. The fourth-order valence-electron chi connectivity index (χ4n) is 3.69. The molecule has 2 rings (SSSR count). The predicted molar refractivity (Wildman–Crippen MR) is 127 cm³/mol. The quantitative estimate of drug-likeness (QED) is 0.199. The highest BCUT2D eigenvalue weighted by molar-refractivity contribution is 5.75. The molecule has 1 aromatic heterocycles. The molecular formula is C23H34N4O10. The number of unbranched alkanes of at least 4 members (excludes halogenated alkanes) is 1. The number of carbonyl (C=O) groups excluding carboxylic acids is 4. The van der Waals surface area contributed by atoms with Gasteiger partial charge in [0, 0.05) is 33.5 Å². The highest BCUT2D eigenvalue weighted by Crippen LogP contribution is 2.33. The zero-order valence-corrected chi connectivity index (χ0v) is 21.3. The number of nitrogens with one attached hydrogen (secondary N) is 1. The maximum Gasteiger partial charge on any atom is 0.351 e. The zero-order chi connectivity index (χ0) is 27.5. The van der Waals surface area contributed by atoms with Gasteiger partial charge in [-0.3, -0.25) is 23.7 Å². The van der Waals surface area contributed by atoms with Gasteiger partial charge in [-0.2, -0.15) is 4.98 Å². The Labute approximate surface area is 213 Å². The molecule has 0 spiro atoms.